The second kappa shape index (κ2) is 12.3. The van der Waals surface area contributed by atoms with Gasteiger partial charge in [-0.2, -0.15) is 5.26 Å². The van der Waals surface area contributed by atoms with Gasteiger partial charge in [-0.05, 0) is 53.4 Å². The molecule has 3 aromatic carbocycles. The predicted molar refractivity (Wildman–Crippen MR) is 153 cm³/mol. The fourth-order valence-corrected chi connectivity index (χ4v) is 4.45. The minimum atomic E-state index is 0.235. The Bertz CT molecular complexity index is 1480. The first-order valence-electron chi connectivity index (χ1n) is 12.2. The van der Waals surface area contributed by atoms with Gasteiger partial charge in [0.2, 0.25) is 0 Å². The monoisotopic (exact) mass is 527 g/mol. The molecule has 4 rings (SSSR count). The fourth-order valence-electron chi connectivity index (χ4n) is 4.21. The Morgan fingerprint density at radius 2 is 1.71 bits per heavy atom. The van der Waals surface area contributed by atoms with Crippen molar-refractivity contribution < 1.29 is 9.47 Å². The molecule has 7 nitrogen and oxygen atoms in total. The molecule has 0 amide bonds. The zero-order valence-corrected chi connectivity index (χ0v) is 22.4. The summed E-state index contributed by atoms with van der Waals surface area (Å²) in [6.07, 6.45) is 3.18. The van der Waals surface area contributed by atoms with Gasteiger partial charge in [0, 0.05) is 50.2 Å². The molecule has 4 N–H and O–H groups in total. The second-order valence-corrected chi connectivity index (χ2v) is 9.12. The highest BCUT2D eigenvalue weighted by molar-refractivity contribution is 6.32. The van der Waals surface area contributed by atoms with Crippen LogP contribution in [0.15, 0.2) is 67.0 Å². The lowest BCUT2D eigenvalue weighted by Crippen LogP contribution is -2.05. The van der Waals surface area contributed by atoms with E-state index < -0.39 is 0 Å². The van der Waals surface area contributed by atoms with E-state index in [4.69, 9.17) is 32.1 Å². The van der Waals surface area contributed by atoms with Gasteiger partial charge in [0.1, 0.15) is 30.8 Å². The van der Waals surface area contributed by atoms with E-state index in [9.17, 15) is 0 Å². The van der Waals surface area contributed by atoms with Gasteiger partial charge in [0.25, 0.3) is 0 Å². The highest BCUT2D eigenvalue weighted by atomic mass is 35.5. The topological polar surface area (TPSA) is 105 Å². The number of halogens is 1. The number of nitrogens with zero attached hydrogens (tertiary/aromatic N) is 2. The largest absolute Gasteiger partial charge is 0.488 e. The lowest BCUT2D eigenvalue weighted by Gasteiger charge is -2.17. The Morgan fingerprint density at radius 3 is 2.45 bits per heavy atom. The highest BCUT2D eigenvalue weighted by Crippen LogP contribution is 2.35. The summed E-state index contributed by atoms with van der Waals surface area (Å²) in [7, 11) is 3.82. The smallest absolute Gasteiger partial charge is 0.142 e. The second-order valence-electron chi connectivity index (χ2n) is 8.72. The average molecular weight is 528 g/mol. The molecule has 0 fully saturated rings. The average Bonchev–Trinajstić information content (AvgIpc) is 2.95. The molecule has 0 saturated heterocycles. The van der Waals surface area contributed by atoms with Crippen molar-refractivity contribution in [1.29, 1.82) is 5.26 Å². The summed E-state index contributed by atoms with van der Waals surface area (Å²) >= 11 is 6.54. The Hall–Kier alpha value is -4.25. The number of hydrogen-bond donors (Lipinski definition) is 3. The Morgan fingerprint density at radius 1 is 0.921 bits per heavy atom. The van der Waals surface area contributed by atoms with Gasteiger partial charge in [-0.25, -0.2) is 0 Å². The number of nitriles is 1. The van der Waals surface area contributed by atoms with E-state index in [0.29, 0.717) is 28.7 Å². The maximum atomic E-state index is 9.11. The van der Waals surface area contributed by atoms with E-state index in [1.165, 1.54) is 6.20 Å². The molecule has 0 aliphatic carbocycles. The van der Waals surface area contributed by atoms with Crippen molar-refractivity contribution in [2.45, 2.75) is 26.7 Å². The minimum Gasteiger partial charge on any atom is -0.488 e. The number of aromatic nitrogens is 1. The molecule has 0 unspecified atom stereocenters. The van der Waals surface area contributed by atoms with Crippen LogP contribution < -0.4 is 25.8 Å². The summed E-state index contributed by atoms with van der Waals surface area (Å²) in [4.78, 5) is 4.08. The van der Waals surface area contributed by atoms with Crippen LogP contribution in [0.2, 0.25) is 5.02 Å². The molecule has 0 spiro atoms. The lowest BCUT2D eigenvalue weighted by molar-refractivity contribution is 0.287. The molecule has 0 bridgehead atoms. The van der Waals surface area contributed by atoms with E-state index in [2.05, 4.69) is 58.9 Å². The van der Waals surface area contributed by atoms with Gasteiger partial charge >= 0.3 is 0 Å². The Balaban J connectivity index is 1.54. The third-order valence-electron chi connectivity index (χ3n) is 6.35. The molecule has 0 radical (unpaired) electrons. The van der Waals surface area contributed by atoms with Crippen LogP contribution in [0.5, 0.6) is 11.5 Å². The molecule has 0 saturated carbocycles. The van der Waals surface area contributed by atoms with Gasteiger partial charge in [-0.3, -0.25) is 4.98 Å². The summed E-state index contributed by atoms with van der Waals surface area (Å²) in [5, 5.41) is 16.0. The number of hydrogen-bond acceptors (Lipinski definition) is 7. The molecule has 0 aliphatic rings. The van der Waals surface area contributed by atoms with Crippen LogP contribution in [0.25, 0.3) is 11.1 Å². The molecule has 4 aromatic rings. The Kier molecular flexibility index (Phi) is 8.70. The normalized spacial score (nSPS) is 10.5. The molecule has 38 heavy (non-hydrogen) atoms. The van der Waals surface area contributed by atoms with Crippen LogP contribution in [0.3, 0.4) is 0 Å². The number of rotatable bonds is 10. The van der Waals surface area contributed by atoms with Crippen molar-refractivity contribution in [3.8, 4) is 28.7 Å². The molecule has 1 heterocycles. The highest BCUT2D eigenvalue weighted by Gasteiger charge is 2.13. The summed E-state index contributed by atoms with van der Waals surface area (Å²) in [6, 6.07) is 19.8. The number of benzene rings is 3. The summed E-state index contributed by atoms with van der Waals surface area (Å²) in [6.45, 7) is 2.92. The Labute approximate surface area is 228 Å². The predicted octanol–water partition coefficient (Wildman–Crippen LogP) is 6.28. The number of ether oxygens (including phenoxy) is 2. The zero-order valence-electron chi connectivity index (χ0n) is 21.6. The van der Waals surface area contributed by atoms with Gasteiger partial charge in [0.05, 0.1) is 22.0 Å². The number of pyridine rings is 1. The fraction of sp³-hybridized carbons (Fsp3) is 0.200. The van der Waals surface area contributed by atoms with Crippen molar-refractivity contribution in [3.63, 3.8) is 0 Å². The van der Waals surface area contributed by atoms with Gasteiger partial charge < -0.3 is 25.8 Å². The van der Waals surface area contributed by atoms with E-state index >= 15 is 0 Å². The maximum absolute atomic E-state index is 9.11. The summed E-state index contributed by atoms with van der Waals surface area (Å²) in [5.41, 5.74) is 14.4. The third-order valence-corrected chi connectivity index (χ3v) is 6.65. The van der Waals surface area contributed by atoms with Crippen molar-refractivity contribution >= 4 is 23.0 Å². The standard InChI is InChI=1S/C30H30ClN5O2/c1-19-23(5-4-6-25(19)22-7-8-27(34-2)28(11-22)35-3)18-38-30-12-29(24(14-33)10-26(30)31)37-17-21-9-20(13-32)15-36-16-21/h4-12,15-16,34-35H,14,17-18,33H2,1-3H3. The van der Waals surface area contributed by atoms with E-state index in [0.717, 1.165) is 44.8 Å². The lowest BCUT2D eigenvalue weighted by atomic mass is 9.96. The van der Waals surface area contributed by atoms with Crippen molar-refractivity contribution in [2.24, 2.45) is 5.73 Å². The zero-order chi connectivity index (χ0) is 27.1. The van der Waals surface area contributed by atoms with Gasteiger partial charge in [-0.15, -0.1) is 0 Å². The molecule has 0 aliphatic heterocycles. The van der Waals surface area contributed by atoms with Crippen molar-refractivity contribution in [2.75, 3.05) is 24.7 Å². The third kappa shape index (κ3) is 6.00. The molecule has 0 atom stereocenters. The maximum Gasteiger partial charge on any atom is 0.142 e. The summed E-state index contributed by atoms with van der Waals surface area (Å²) < 4.78 is 12.2. The van der Waals surface area contributed by atoms with Crippen LogP contribution in [-0.4, -0.2) is 19.1 Å². The molecule has 8 heteroatoms. The van der Waals surface area contributed by atoms with E-state index in [-0.39, 0.29) is 13.2 Å². The molecular weight excluding hydrogens is 498 g/mol. The van der Waals surface area contributed by atoms with Crippen LogP contribution in [0, 0.1) is 18.3 Å². The van der Waals surface area contributed by atoms with Crippen molar-refractivity contribution in [1.82, 2.24) is 4.98 Å². The van der Waals surface area contributed by atoms with Crippen molar-refractivity contribution in [3.05, 3.63) is 99.8 Å². The minimum absolute atomic E-state index is 0.235. The first-order valence-corrected chi connectivity index (χ1v) is 12.6. The quantitative estimate of drug-likeness (QED) is 0.223. The number of nitrogens with one attached hydrogen (secondary N) is 2. The van der Waals surface area contributed by atoms with Gasteiger partial charge in [-0.1, -0.05) is 35.9 Å². The number of anilines is 2. The van der Waals surface area contributed by atoms with E-state index in [1.54, 1.807) is 24.4 Å². The van der Waals surface area contributed by atoms with Gasteiger partial charge in [0.15, 0.2) is 0 Å². The summed E-state index contributed by atoms with van der Waals surface area (Å²) in [5.74, 6) is 1.08. The van der Waals surface area contributed by atoms with Crippen LogP contribution >= 0.6 is 11.6 Å². The van der Waals surface area contributed by atoms with E-state index in [1.807, 2.05) is 20.2 Å². The molecular formula is C30H30ClN5O2. The molecule has 1 aromatic heterocycles. The first kappa shape index (κ1) is 26.8. The SMILES string of the molecule is CNc1ccc(-c2cccc(COc3cc(OCc4cncc(C#N)c4)c(CN)cc3Cl)c2C)cc1NC. The first-order chi connectivity index (χ1) is 18.5. The van der Waals surface area contributed by atoms with Crippen LogP contribution in [0.1, 0.15) is 27.8 Å². The number of nitrogens with two attached hydrogens (primary N) is 1. The van der Waals surface area contributed by atoms with Crippen LogP contribution in [-0.2, 0) is 19.8 Å². The molecule has 194 valence electrons. The van der Waals surface area contributed by atoms with Crippen LogP contribution in [0.4, 0.5) is 11.4 Å².